The van der Waals surface area contributed by atoms with Crippen LogP contribution in [0.2, 0.25) is 0 Å². The Bertz CT molecular complexity index is 877. The molecule has 0 unspecified atom stereocenters. The van der Waals surface area contributed by atoms with E-state index in [1.54, 1.807) is 10.8 Å². The number of hydrogen-bond donors (Lipinski definition) is 1. The van der Waals surface area contributed by atoms with Crippen molar-refractivity contribution in [2.24, 2.45) is 0 Å². The lowest BCUT2D eigenvalue weighted by molar-refractivity contribution is 0.946. The number of pyridine rings is 1. The first kappa shape index (κ1) is 13.8. The Kier molecular flexibility index (Phi) is 3.29. The van der Waals surface area contributed by atoms with Crippen molar-refractivity contribution in [2.75, 3.05) is 6.26 Å². The first-order chi connectivity index (χ1) is 10.0. The van der Waals surface area contributed by atoms with Gasteiger partial charge in [-0.25, -0.2) is 9.97 Å². The molecule has 108 valence electrons. The summed E-state index contributed by atoms with van der Waals surface area (Å²) < 4.78 is 1.62. The highest BCUT2D eigenvalue weighted by molar-refractivity contribution is 7.98. The third kappa shape index (κ3) is 2.13. The zero-order valence-corrected chi connectivity index (χ0v) is 13.1. The number of aryl methyl sites for hydroxylation is 3. The second-order valence-corrected chi connectivity index (χ2v) is 5.66. The Morgan fingerprint density at radius 3 is 2.67 bits per heavy atom. The van der Waals surface area contributed by atoms with E-state index < -0.39 is 0 Å². The van der Waals surface area contributed by atoms with E-state index in [1.165, 1.54) is 11.8 Å². The summed E-state index contributed by atoms with van der Waals surface area (Å²) in [5, 5.41) is 8.24. The highest BCUT2D eigenvalue weighted by Gasteiger charge is 2.15. The van der Waals surface area contributed by atoms with Gasteiger partial charge in [0.25, 0.3) is 5.56 Å². The van der Waals surface area contributed by atoms with E-state index >= 15 is 0 Å². The Balaban J connectivity index is 2.37. The highest BCUT2D eigenvalue weighted by Crippen LogP contribution is 2.19. The molecule has 0 aromatic carbocycles. The minimum absolute atomic E-state index is 0.129. The van der Waals surface area contributed by atoms with Crippen molar-refractivity contribution in [1.29, 1.82) is 0 Å². The molecule has 7 heteroatoms. The summed E-state index contributed by atoms with van der Waals surface area (Å²) in [6.07, 6.45) is 5.33. The average molecular weight is 301 g/mol. The summed E-state index contributed by atoms with van der Waals surface area (Å²) >= 11 is 1.46. The molecular formula is C14H15N5OS. The van der Waals surface area contributed by atoms with Crippen LogP contribution in [0.4, 0.5) is 0 Å². The van der Waals surface area contributed by atoms with E-state index in [0.717, 1.165) is 22.6 Å². The van der Waals surface area contributed by atoms with E-state index in [0.29, 0.717) is 16.1 Å². The second-order valence-electron chi connectivity index (χ2n) is 4.89. The van der Waals surface area contributed by atoms with E-state index in [2.05, 4.69) is 20.2 Å². The fourth-order valence-corrected chi connectivity index (χ4v) is 2.77. The van der Waals surface area contributed by atoms with Crippen molar-refractivity contribution in [1.82, 2.24) is 24.7 Å². The van der Waals surface area contributed by atoms with Crippen molar-refractivity contribution in [3.05, 3.63) is 39.7 Å². The number of thioether (sulfide) groups is 1. The second kappa shape index (κ2) is 5.00. The van der Waals surface area contributed by atoms with Gasteiger partial charge in [-0.15, -0.1) is 0 Å². The van der Waals surface area contributed by atoms with Crippen LogP contribution in [0.5, 0.6) is 0 Å². The lowest BCUT2D eigenvalue weighted by Crippen LogP contribution is -2.20. The summed E-state index contributed by atoms with van der Waals surface area (Å²) in [5.74, 6) is 0. The summed E-state index contributed by atoms with van der Waals surface area (Å²) in [7, 11) is 0. The first-order valence-electron chi connectivity index (χ1n) is 6.48. The summed E-state index contributed by atoms with van der Waals surface area (Å²) in [5.41, 5.74) is 3.94. The van der Waals surface area contributed by atoms with E-state index in [9.17, 15) is 4.79 Å². The van der Waals surface area contributed by atoms with Gasteiger partial charge in [0.15, 0.2) is 5.16 Å². The number of fused-ring (bicyclic) bond motifs is 1. The minimum atomic E-state index is -0.129. The molecule has 0 saturated carbocycles. The van der Waals surface area contributed by atoms with Gasteiger partial charge in [-0.2, -0.15) is 5.10 Å². The minimum Gasteiger partial charge on any atom is -0.280 e. The molecule has 3 rings (SSSR count). The van der Waals surface area contributed by atoms with Gasteiger partial charge in [-0.05, 0) is 32.6 Å². The van der Waals surface area contributed by atoms with Gasteiger partial charge in [0.05, 0.1) is 28.0 Å². The largest absolute Gasteiger partial charge is 0.280 e. The predicted molar refractivity (Wildman–Crippen MR) is 83.3 cm³/mol. The summed E-state index contributed by atoms with van der Waals surface area (Å²) in [6, 6.07) is 0. The van der Waals surface area contributed by atoms with Gasteiger partial charge >= 0.3 is 0 Å². The Morgan fingerprint density at radius 1 is 1.29 bits per heavy atom. The normalized spacial score (nSPS) is 11.2. The number of aromatic amines is 1. The summed E-state index contributed by atoms with van der Waals surface area (Å²) in [4.78, 5) is 21.4. The van der Waals surface area contributed by atoms with E-state index in [1.807, 2.05) is 33.2 Å². The molecule has 6 nitrogen and oxygen atoms in total. The number of nitrogens with one attached hydrogen (secondary N) is 1. The lowest BCUT2D eigenvalue weighted by Gasteiger charge is -2.10. The molecule has 3 aromatic rings. The monoisotopic (exact) mass is 301 g/mol. The van der Waals surface area contributed by atoms with Crippen LogP contribution in [0.25, 0.3) is 16.6 Å². The van der Waals surface area contributed by atoms with Crippen LogP contribution in [-0.4, -0.2) is 31.0 Å². The number of nitrogens with zero attached hydrogens (tertiary/aromatic N) is 4. The molecule has 1 N–H and O–H groups in total. The molecule has 0 radical (unpaired) electrons. The van der Waals surface area contributed by atoms with Gasteiger partial charge in [-0.3, -0.25) is 14.5 Å². The third-order valence-corrected chi connectivity index (χ3v) is 3.99. The van der Waals surface area contributed by atoms with Crippen molar-refractivity contribution in [3.8, 4) is 5.69 Å². The highest BCUT2D eigenvalue weighted by atomic mass is 32.2. The molecule has 0 spiro atoms. The van der Waals surface area contributed by atoms with Crippen LogP contribution in [0.3, 0.4) is 0 Å². The van der Waals surface area contributed by atoms with Crippen LogP contribution in [-0.2, 0) is 0 Å². The maximum absolute atomic E-state index is 12.7. The smallest absolute Gasteiger partial charge is 0.266 e. The molecule has 3 aromatic heterocycles. The molecule has 0 aliphatic carbocycles. The lowest BCUT2D eigenvalue weighted by atomic mass is 10.2. The van der Waals surface area contributed by atoms with Crippen LogP contribution in [0.1, 0.15) is 17.0 Å². The predicted octanol–water partition coefficient (Wildman–Crippen LogP) is 2.15. The standard InChI is InChI=1S/C14H15N5OS/c1-7-6-19(12-8(2)17-18-9(12)3)13(20)10-5-15-14(21-4)16-11(7)10/h5-6H,1-4H3,(H,17,18). The fourth-order valence-electron chi connectivity index (χ4n) is 2.43. The molecule has 0 aliphatic rings. The molecule has 0 amide bonds. The zero-order valence-electron chi connectivity index (χ0n) is 12.3. The first-order valence-corrected chi connectivity index (χ1v) is 7.70. The number of rotatable bonds is 2. The van der Waals surface area contributed by atoms with Crippen LogP contribution in [0, 0.1) is 20.8 Å². The van der Waals surface area contributed by atoms with Gasteiger partial charge in [0.1, 0.15) is 0 Å². The molecule has 0 atom stereocenters. The maximum Gasteiger partial charge on any atom is 0.266 e. The van der Waals surface area contributed by atoms with Crippen molar-refractivity contribution < 1.29 is 0 Å². The van der Waals surface area contributed by atoms with Crippen LogP contribution >= 0.6 is 11.8 Å². The molecule has 0 aliphatic heterocycles. The molecule has 0 bridgehead atoms. The maximum atomic E-state index is 12.7. The quantitative estimate of drug-likeness (QED) is 0.580. The number of hydrogen-bond acceptors (Lipinski definition) is 5. The summed E-state index contributed by atoms with van der Waals surface area (Å²) in [6.45, 7) is 5.72. The number of aromatic nitrogens is 5. The van der Waals surface area contributed by atoms with Crippen molar-refractivity contribution >= 4 is 22.7 Å². The molecule has 21 heavy (non-hydrogen) atoms. The Morgan fingerprint density at radius 2 is 2.05 bits per heavy atom. The van der Waals surface area contributed by atoms with Crippen LogP contribution in [0.15, 0.2) is 22.3 Å². The van der Waals surface area contributed by atoms with Gasteiger partial charge in [0.2, 0.25) is 0 Å². The van der Waals surface area contributed by atoms with Gasteiger partial charge in [0, 0.05) is 12.4 Å². The molecule has 0 fully saturated rings. The third-order valence-electron chi connectivity index (χ3n) is 3.42. The van der Waals surface area contributed by atoms with Gasteiger partial charge in [-0.1, -0.05) is 11.8 Å². The molecule has 0 saturated heterocycles. The average Bonchev–Trinajstić information content (AvgIpc) is 2.81. The van der Waals surface area contributed by atoms with E-state index in [-0.39, 0.29) is 5.56 Å². The zero-order chi connectivity index (χ0) is 15.1. The number of H-pyrrole nitrogens is 1. The fraction of sp³-hybridized carbons (Fsp3) is 0.286. The molecular weight excluding hydrogens is 286 g/mol. The SMILES string of the molecule is CSc1ncc2c(=O)n(-c3c(C)n[nH]c3C)cc(C)c2n1. The van der Waals surface area contributed by atoms with Gasteiger partial charge < -0.3 is 0 Å². The topological polar surface area (TPSA) is 76.5 Å². The Labute approximate surface area is 125 Å². The molecule has 3 heterocycles. The van der Waals surface area contributed by atoms with Crippen molar-refractivity contribution in [2.45, 2.75) is 25.9 Å². The Hall–Kier alpha value is -2.15. The van der Waals surface area contributed by atoms with Crippen LogP contribution < -0.4 is 5.56 Å². The van der Waals surface area contributed by atoms with E-state index in [4.69, 9.17) is 0 Å². The van der Waals surface area contributed by atoms with Crippen molar-refractivity contribution in [3.63, 3.8) is 0 Å².